The molecule has 0 aliphatic heterocycles. The van der Waals surface area contributed by atoms with Gasteiger partial charge in [-0.1, -0.05) is 25.7 Å². The van der Waals surface area contributed by atoms with Crippen molar-refractivity contribution in [3.05, 3.63) is 0 Å². The Morgan fingerprint density at radius 3 is 2.00 bits per heavy atom. The minimum Gasteiger partial charge on any atom is -0.465 e. The van der Waals surface area contributed by atoms with E-state index in [9.17, 15) is 9.59 Å². The first-order valence-corrected chi connectivity index (χ1v) is 7.77. The van der Waals surface area contributed by atoms with Crippen LogP contribution in [0.15, 0.2) is 0 Å². The second kappa shape index (κ2) is 7.21. The highest BCUT2D eigenvalue weighted by Crippen LogP contribution is 2.37. The zero-order valence-electron chi connectivity index (χ0n) is 13.3. The summed E-state index contributed by atoms with van der Waals surface area (Å²) in [5.74, 6) is -0.569. The fourth-order valence-corrected chi connectivity index (χ4v) is 2.99. The van der Waals surface area contributed by atoms with Gasteiger partial charge >= 0.3 is 5.97 Å². The molecule has 0 aromatic rings. The largest absolute Gasteiger partial charge is 0.465 e. The first kappa shape index (κ1) is 17.2. The summed E-state index contributed by atoms with van der Waals surface area (Å²) in [6.07, 6.45) is 5.63. The lowest BCUT2D eigenvalue weighted by Gasteiger charge is -2.36. The van der Waals surface area contributed by atoms with Crippen LogP contribution >= 0.6 is 0 Å². The number of ketones is 1. The Morgan fingerprint density at radius 2 is 1.55 bits per heavy atom. The Morgan fingerprint density at radius 1 is 1.00 bits per heavy atom. The maximum atomic E-state index is 13.0. The Labute approximate surface area is 122 Å². The molecule has 0 unspecified atom stereocenters. The maximum Gasteiger partial charge on any atom is 0.319 e. The number of hydrogen-bond acceptors (Lipinski definition) is 4. The SMILES string of the molecule is CCOC(=O)C(C)(C)C(=O)C1(OCC)CCCCCC1. The van der Waals surface area contributed by atoms with Crippen LogP contribution in [0, 0.1) is 5.41 Å². The molecular weight excluding hydrogens is 256 g/mol. The second-order valence-electron chi connectivity index (χ2n) is 6.02. The summed E-state index contributed by atoms with van der Waals surface area (Å²) < 4.78 is 10.9. The average Bonchev–Trinajstić information content (AvgIpc) is 2.65. The number of carbonyl (C=O) groups is 2. The summed E-state index contributed by atoms with van der Waals surface area (Å²) in [4.78, 5) is 25.1. The fourth-order valence-electron chi connectivity index (χ4n) is 2.99. The van der Waals surface area contributed by atoms with Gasteiger partial charge in [0.25, 0.3) is 0 Å². The number of Topliss-reactive ketones (excluding diaryl/α,β-unsaturated/α-hetero) is 1. The van der Waals surface area contributed by atoms with Crippen LogP contribution in [-0.4, -0.2) is 30.6 Å². The van der Waals surface area contributed by atoms with Gasteiger partial charge in [-0.25, -0.2) is 0 Å². The standard InChI is InChI=1S/C16H28O4/c1-5-19-14(18)15(3,4)13(17)16(20-6-2)11-9-7-8-10-12-16/h5-12H2,1-4H3. The Balaban J connectivity index is 3.00. The highest BCUT2D eigenvalue weighted by molar-refractivity contribution is 6.07. The molecule has 0 radical (unpaired) electrons. The second-order valence-corrected chi connectivity index (χ2v) is 6.02. The van der Waals surface area contributed by atoms with Crippen molar-refractivity contribution in [2.24, 2.45) is 5.41 Å². The van der Waals surface area contributed by atoms with Gasteiger partial charge in [0.15, 0.2) is 5.78 Å². The Hall–Kier alpha value is -0.900. The van der Waals surface area contributed by atoms with Crippen LogP contribution in [0.5, 0.6) is 0 Å². The van der Waals surface area contributed by atoms with E-state index in [2.05, 4.69) is 0 Å². The molecule has 4 nitrogen and oxygen atoms in total. The van der Waals surface area contributed by atoms with Gasteiger partial charge in [0, 0.05) is 6.61 Å². The smallest absolute Gasteiger partial charge is 0.319 e. The molecule has 1 saturated carbocycles. The molecule has 0 atom stereocenters. The summed E-state index contributed by atoms with van der Waals surface area (Å²) in [7, 11) is 0. The molecule has 1 rings (SSSR count). The number of carbonyl (C=O) groups excluding carboxylic acids is 2. The van der Waals surface area contributed by atoms with Crippen molar-refractivity contribution in [3.8, 4) is 0 Å². The van der Waals surface area contributed by atoms with Crippen LogP contribution in [0.4, 0.5) is 0 Å². The number of esters is 1. The zero-order chi connectivity index (χ0) is 15.2. The minimum absolute atomic E-state index is 0.118. The predicted molar refractivity (Wildman–Crippen MR) is 77.5 cm³/mol. The maximum absolute atomic E-state index is 13.0. The van der Waals surface area contributed by atoms with Crippen molar-refractivity contribution < 1.29 is 19.1 Å². The lowest BCUT2D eigenvalue weighted by molar-refractivity contribution is -0.169. The van der Waals surface area contributed by atoms with Crippen molar-refractivity contribution in [2.45, 2.75) is 71.8 Å². The van der Waals surface area contributed by atoms with E-state index in [1.54, 1.807) is 20.8 Å². The van der Waals surface area contributed by atoms with Gasteiger partial charge in [0.2, 0.25) is 0 Å². The molecule has 4 heteroatoms. The molecule has 20 heavy (non-hydrogen) atoms. The summed E-state index contributed by atoms with van der Waals surface area (Å²) in [6, 6.07) is 0. The van der Waals surface area contributed by atoms with Crippen molar-refractivity contribution >= 4 is 11.8 Å². The third-order valence-corrected chi connectivity index (χ3v) is 4.10. The minimum atomic E-state index is -1.14. The number of hydrogen-bond donors (Lipinski definition) is 0. The van der Waals surface area contributed by atoms with E-state index in [0.29, 0.717) is 19.4 Å². The predicted octanol–water partition coefficient (Wildman–Crippen LogP) is 3.27. The van der Waals surface area contributed by atoms with E-state index in [1.165, 1.54) is 0 Å². The third-order valence-electron chi connectivity index (χ3n) is 4.10. The van der Waals surface area contributed by atoms with Crippen LogP contribution in [0.25, 0.3) is 0 Å². The lowest BCUT2D eigenvalue weighted by atomic mass is 9.75. The third kappa shape index (κ3) is 3.60. The van der Waals surface area contributed by atoms with E-state index in [1.807, 2.05) is 6.92 Å². The van der Waals surface area contributed by atoms with Crippen molar-refractivity contribution in [3.63, 3.8) is 0 Å². The first-order valence-electron chi connectivity index (χ1n) is 7.77. The molecule has 0 N–H and O–H groups in total. The molecule has 0 bridgehead atoms. The van der Waals surface area contributed by atoms with E-state index in [0.717, 1.165) is 25.7 Å². The topological polar surface area (TPSA) is 52.6 Å². The van der Waals surface area contributed by atoms with Crippen LogP contribution in [0.1, 0.15) is 66.2 Å². The van der Waals surface area contributed by atoms with Gasteiger partial charge in [-0.15, -0.1) is 0 Å². The summed E-state index contributed by atoms with van der Waals surface area (Å²) in [6.45, 7) is 7.74. The summed E-state index contributed by atoms with van der Waals surface area (Å²) >= 11 is 0. The molecule has 0 amide bonds. The van der Waals surface area contributed by atoms with Gasteiger partial charge in [-0.2, -0.15) is 0 Å². The van der Waals surface area contributed by atoms with E-state index >= 15 is 0 Å². The van der Waals surface area contributed by atoms with Crippen LogP contribution in [0.2, 0.25) is 0 Å². The normalized spacial score (nSPS) is 19.2. The highest BCUT2D eigenvalue weighted by atomic mass is 16.5. The molecule has 1 aliphatic carbocycles. The van der Waals surface area contributed by atoms with Crippen LogP contribution < -0.4 is 0 Å². The summed E-state index contributed by atoms with van der Waals surface area (Å²) in [5, 5.41) is 0. The van der Waals surface area contributed by atoms with Crippen molar-refractivity contribution in [1.29, 1.82) is 0 Å². The van der Waals surface area contributed by atoms with Gasteiger partial charge < -0.3 is 9.47 Å². The quantitative estimate of drug-likeness (QED) is 0.427. The van der Waals surface area contributed by atoms with Crippen molar-refractivity contribution in [1.82, 2.24) is 0 Å². The van der Waals surface area contributed by atoms with E-state index in [-0.39, 0.29) is 12.4 Å². The zero-order valence-corrected chi connectivity index (χ0v) is 13.3. The fraction of sp³-hybridized carbons (Fsp3) is 0.875. The summed E-state index contributed by atoms with van der Waals surface area (Å²) in [5.41, 5.74) is -1.95. The molecule has 1 fully saturated rings. The van der Waals surface area contributed by atoms with Crippen molar-refractivity contribution in [2.75, 3.05) is 13.2 Å². The molecule has 0 spiro atoms. The van der Waals surface area contributed by atoms with Gasteiger partial charge in [0.1, 0.15) is 11.0 Å². The average molecular weight is 284 g/mol. The molecule has 1 aliphatic rings. The molecule has 0 aromatic carbocycles. The van der Waals surface area contributed by atoms with Crippen LogP contribution in [-0.2, 0) is 19.1 Å². The number of rotatable bonds is 6. The Bertz CT molecular complexity index is 338. The highest BCUT2D eigenvalue weighted by Gasteiger charge is 2.50. The van der Waals surface area contributed by atoms with Crippen LogP contribution in [0.3, 0.4) is 0 Å². The van der Waals surface area contributed by atoms with E-state index < -0.39 is 17.0 Å². The first-order chi connectivity index (χ1) is 9.40. The number of ether oxygens (including phenoxy) is 2. The van der Waals surface area contributed by atoms with Gasteiger partial charge in [-0.05, 0) is 40.5 Å². The van der Waals surface area contributed by atoms with Gasteiger partial charge in [-0.3, -0.25) is 9.59 Å². The van der Waals surface area contributed by atoms with Gasteiger partial charge in [0.05, 0.1) is 6.61 Å². The molecular formula is C16H28O4. The monoisotopic (exact) mass is 284 g/mol. The molecule has 0 saturated heterocycles. The van der Waals surface area contributed by atoms with E-state index in [4.69, 9.17) is 9.47 Å². The lowest BCUT2D eigenvalue weighted by Crippen LogP contribution is -2.51. The molecule has 116 valence electrons. The molecule has 0 aromatic heterocycles. The Kier molecular flexibility index (Phi) is 6.18. The molecule has 0 heterocycles.